The standard InChI is InChI=1S/C26H36N3O2P/c1-6-17(2)16-31-23-11-21(8-7-18(23)3)24-12-25(30)29-15-22(9-10-26(29)32-24)28-13-19(4)27-20(5)14-28/h7-12,15,17,19-20,26-27,32H,6,13-14,16H2,1-5H3/t17?,19-,20?,26?/m0/s1. The summed E-state index contributed by atoms with van der Waals surface area (Å²) in [5, 5.41) is 4.68. The van der Waals surface area contributed by atoms with E-state index in [0.29, 0.717) is 26.6 Å². The van der Waals surface area contributed by atoms with Gasteiger partial charge in [-0.1, -0.05) is 47.1 Å². The number of piperazine rings is 1. The van der Waals surface area contributed by atoms with Gasteiger partial charge in [-0.15, -0.1) is 0 Å². The molecule has 5 atom stereocenters. The summed E-state index contributed by atoms with van der Waals surface area (Å²) in [5.41, 5.74) is 3.36. The topological polar surface area (TPSA) is 44.8 Å². The summed E-state index contributed by atoms with van der Waals surface area (Å²) in [7, 11) is 0.514. The Morgan fingerprint density at radius 3 is 2.72 bits per heavy atom. The van der Waals surface area contributed by atoms with Crippen molar-refractivity contribution >= 4 is 19.8 Å². The highest BCUT2D eigenvalue weighted by molar-refractivity contribution is 7.51. The number of aryl methyl sites for hydroxylation is 1. The van der Waals surface area contributed by atoms with Gasteiger partial charge in [-0.25, -0.2) is 0 Å². The molecule has 0 aromatic heterocycles. The SMILES string of the molecule is CCC(C)COc1cc(C2=CC(=O)N3C=C(N4CC(C)N[C@@H](C)C4)C=CC3P2)ccc1C. The van der Waals surface area contributed by atoms with E-state index in [1.165, 1.54) is 0 Å². The highest BCUT2D eigenvalue weighted by Crippen LogP contribution is 2.45. The van der Waals surface area contributed by atoms with Crippen LogP contribution in [0.15, 0.2) is 48.3 Å². The maximum Gasteiger partial charge on any atom is 0.252 e. The molecule has 3 aliphatic rings. The number of benzene rings is 1. The van der Waals surface area contributed by atoms with E-state index in [2.05, 4.69) is 75.2 Å². The minimum absolute atomic E-state index is 0.0597. The Labute approximate surface area is 194 Å². The third kappa shape index (κ3) is 5.10. The van der Waals surface area contributed by atoms with E-state index in [4.69, 9.17) is 4.74 Å². The summed E-state index contributed by atoms with van der Waals surface area (Å²) in [6, 6.07) is 7.20. The van der Waals surface area contributed by atoms with Crippen LogP contribution in [0.3, 0.4) is 0 Å². The van der Waals surface area contributed by atoms with Crippen molar-refractivity contribution in [2.75, 3.05) is 19.7 Å². The fraction of sp³-hybridized carbons (Fsp3) is 0.500. The molecule has 172 valence electrons. The molecule has 1 aromatic carbocycles. The van der Waals surface area contributed by atoms with Gasteiger partial charge in [0.1, 0.15) is 5.75 Å². The quantitative estimate of drug-likeness (QED) is 0.634. The first-order chi connectivity index (χ1) is 15.3. The van der Waals surface area contributed by atoms with Crippen molar-refractivity contribution in [2.45, 2.75) is 58.9 Å². The fourth-order valence-electron chi connectivity index (χ4n) is 4.43. The van der Waals surface area contributed by atoms with Crippen LogP contribution in [0.1, 0.15) is 45.2 Å². The molecule has 32 heavy (non-hydrogen) atoms. The van der Waals surface area contributed by atoms with E-state index in [1.54, 1.807) is 0 Å². The number of hydrogen-bond acceptors (Lipinski definition) is 4. The molecule has 3 aliphatic heterocycles. The van der Waals surface area contributed by atoms with Crippen LogP contribution in [0.4, 0.5) is 0 Å². The van der Waals surface area contributed by atoms with Gasteiger partial charge in [0.2, 0.25) is 0 Å². The third-order valence-corrected chi connectivity index (χ3v) is 8.00. The lowest BCUT2D eigenvalue weighted by molar-refractivity contribution is -0.123. The Morgan fingerprint density at radius 2 is 2.00 bits per heavy atom. The van der Waals surface area contributed by atoms with Crippen LogP contribution in [-0.2, 0) is 4.79 Å². The maximum atomic E-state index is 13.1. The number of amides is 1. The number of fused-ring (bicyclic) bond motifs is 1. The van der Waals surface area contributed by atoms with Crippen molar-refractivity contribution in [2.24, 2.45) is 5.92 Å². The first-order valence-electron chi connectivity index (χ1n) is 11.8. The fourth-order valence-corrected chi connectivity index (χ4v) is 5.81. The molecule has 1 aromatic rings. The van der Waals surface area contributed by atoms with Crippen LogP contribution < -0.4 is 10.1 Å². The summed E-state index contributed by atoms with van der Waals surface area (Å²) in [4.78, 5) is 17.4. The molecule has 4 unspecified atom stereocenters. The zero-order valence-corrected chi connectivity index (χ0v) is 20.9. The van der Waals surface area contributed by atoms with E-state index in [0.717, 1.165) is 54.0 Å². The predicted octanol–water partition coefficient (Wildman–Crippen LogP) is 4.70. The summed E-state index contributed by atoms with van der Waals surface area (Å²) in [6.45, 7) is 13.5. The summed E-state index contributed by atoms with van der Waals surface area (Å²) in [5.74, 6) is 1.60. The first-order valence-corrected chi connectivity index (χ1v) is 12.9. The van der Waals surface area contributed by atoms with Gasteiger partial charge >= 0.3 is 0 Å². The summed E-state index contributed by atoms with van der Waals surface area (Å²) >= 11 is 0. The summed E-state index contributed by atoms with van der Waals surface area (Å²) < 4.78 is 6.10. The van der Waals surface area contributed by atoms with Crippen molar-refractivity contribution in [3.05, 3.63) is 59.5 Å². The van der Waals surface area contributed by atoms with Crippen molar-refractivity contribution in [3.8, 4) is 5.75 Å². The average Bonchev–Trinajstić information content (AvgIpc) is 2.77. The van der Waals surface area contributed by atoms with Crippen molar-refractivity contribution < 1.29 is 9.53 Å². The van der Waals surface area contributed by atoms with Crippen LogP contribution >= 0.6 is 8.58 Å². The van der Waals surface area contributed by atoms with Crippen LogP contribution in [0.2, 0.25) is 0 Å². The zero-order valence-electron chi connectivity index (χ0n) is 19.9. The average molecular weight is 454 g/mol. The van der Waals surface area contributed by atoms with E-state index in [9.17, 15) is 4.79 Å². The number of ether oxygens (including phenoxy) is 1. The molecule has 1 amide bonds. The largest absolute Gasteiger partial charge is 0.493 e. The van der Waals surface area contributed by atoms with Gasteiger partial charge < -0.3 is 19.9 Å². The Bertz CT molecular complexity index is 944. The lowest BCUT2D eigenvalue weighted by atomic mass is 10.1. The smallest absolute Gasteiger partial charge is 0.252 e. The van der Waals surface area contributed by atoms with Crippen LogP contribution in [-0.4, -0.2) is 53.3 Å². The van der Waals surface area contributed by atoms with E-state index in [-0.39, 0.29) is 11.7 Å². The first kappa shape index (κ1) is 23.1. The highest BCUT2D eigenvalue weighted by Gasteiger charge is 2.31. The second-order valence-electron chi connectivity index (χ2n) is 9.48. The lowest BCUT2D eigenvalue weighted by Gasteiger charge is -2.41. The van der Waals surface area contributed by atoms with Gasteiger partial charge in [0.05, 0.1) is 18.1 Å². The van der Waals surface area contributed by atoms with Crippen LogP contribution in [0, 0.1) is 12.8 Å². The van der Waals surface area contributed by atoms with Crippen molar-refractivity contribution in [1.29, 1.82) is 0 Å². The molecule has 0 aliphatic carbocycles. The molecular weight excluding hydrogens is 417 g/mol. The molecule has 3 heterocycles. The molecular formula is C26H36N3O2P. The normalized spacial score (nSPS) is 27.2. The second kappa shape index (κ2) is 9.80. The number of rotatable bonds is 6. The second-order valence-corrected chi connectivity index (χ2v) is 10.9. The van der Waals surface area contributed by atoms with Gasteiger partial charge in [0.25, 0.3) is 5.91 Å². The number of nitrogens with zero attached hydrogens (tertiary/aromatic N) is 2. The molecule has 5 nitrogen and oxygen atoms in total. The Morgan fingerprint density at radius 1 is 1.25 bits per heavy atom. The van der Waals surface area contributed by atoms with Crippen molar-refractivity contribution in [1.82, 2.24) is 15.1 Å². The molecule has 6 heteroatoms. The van der Waals surface area contributed by atoms with Gasteiger partial charge in [0, 0.05) is 37.4 Å². The number of allylic oxidation sites excluding steroid dienone is 1. The number of hydrogen-bond donors (Lipinski definition) is 1. The molecule has 4 rings (SSSR count). The minimum atomic E-state index is 0.0597. The van der Waals surface area contributed by atoms with Gasteiger partial charge in [-0.3, -0.25) is 4.79 Å². The van der Waals surface area contributed by atoms with Crippen LogP contribution in [0.25, 0.3) is 5.31 Å². The minimum Gasteiger partial charge on any atom is -0.493 e. The third-order valence-electron chi connectivity index (χ3n) is 6.49. The summed E-state index contributed by atoms with van der Waals surface area (Å²) in [6.07, 6.45) is 9.36. The van der Waals surface area contributed by atoms with E-state index >= 15 is 0 Å². The number of carbonyl (C=O) groups excluding carboxylic acids is 1. The van der Waals surface area contributed by atoms with Gasteiger partial charge in [-0.2, -0.15) is 0 Å². The maximum absolute atomic E-state index is 13.1. The zero-order chi connectivity index (χ0) is 22.8. The van der Waals surface area contributed by atoms with E-state index in [1.807, 2.05) is 17.2 Å². The molecule has 0 spiro atoms. The Kier molecular flexibility index (Phi) is 7.07. The molecule has 0 saturated carbocycles. The molecule has 1 fully saturated rings. The number of nitrogens with one attached hydrogen (secondary N) is 1. The van der Waals surface area contributed by atoms with E-state index < -0.39 is 0 Å². The van der Waals surface area contributed by atoms with Gasteiger partial charge in [0.15, 0.2) is 0 Å². The van der Waals surface area contributed by atoms with Crippen LogP contribution in [0.5, 0.6) is 5.75 Å². The molecule has 0 radical (unpaired) electrons. The van der Waals surface area contributed by atoms with Gasteiger partial charge in [-0.05, 0) is 55.3 Å². The Balaban J connectivity index is 1.51. The predicted molar refractivity (Wildman–Crippen MR) is 134 cm³/mol. The Hall–Kier alpha value is -2.10. The molecule has 1 N–H and O–H groups in total. The number of carbonyl (C=O) groups is 1. The molecule has 0 bridgehead atoms. The highest BCUT2D eigenvalue weighted by atomic mass is 31.1. The van der Waals surface area contributed by atoms with Crippen molar-refractivity contribution in [3.63, 3.8) is 0 Å². The monoisotopic (exact) mass is 453 g/mol. The lowest BCUT2D eigenvalue weighted by Crippen LogP contribution is -2.54. The molecule has 1 saturated heterocycles.